The molecule has 0 spiro atoms. The molecule has 2 heterocycles. The highest BCUT2D eigenvalue weighted by Gasteiger charge is 2.14. The lowest BCUT2D eigenvalue weighted by Crippen LogP contribution is -2.23. The normalized spacial score (nSPS) is 10.8. The number of esters is 1. The highest BCUT2D eigenvalue weighted by molar-refractivity contribution is 6.06. The van der Waals surface area contributed by atoms with Gasteiger partial charge < -0.3 is 10.1 Å². The lowest BCUT2D eigenvalue weighted by Gasteiger charge is -2.08. The number of pyridine rings is 1. The minimum Gasteiger partial charge on any atom is -0.461 e. The molecule has 2 aromatic carbocycles. The van der Waals surface area contributed by atoms with Crippen molar-refractivity contribution in [2.24, 2.45) is 0 Å². The Bertz CT molecular complexity index is 1230. The zero-order valence-electron chi connectivity index (χ0n) is 16.7. The molecule has 0 bridgehead atoms. The van der Waals surface area contributed by atoms with Gasteiger partial charge in [-0.3, -0.25) is 4.79 Å². The van der Waals surface area contributed by atoms with Crippen molar-refractivity contribution in [2.75, 3.05) is 6.61 Å². The zero-order valence-corrected chi connectivity index (χ0v) is 16.7. The van der Waals surface area contributed by atoms with E-state index in [2.05, 4.69) is 15.4 Å². The molecule has 4 rings (SSSR count). The number of nitrogens with zero attached hydrogens (tertiary/aromatic N) is 3. The molecule has 1 N–H and O–H groups in total. The molecule has 2 aromatic heterocycles. The highest BCUT2D eigenvalue weighted by Crippen LogP contribution is 2.22. The smallest absolute Gasteiger partial charge is 0.356 e. The van der Waals surface area contributed by atoms with Gasteiger partial charge in [-0.05, 0) is 55.0 Å². The Morgan fingerprint density at radius 2 is 1.87 bits per heavy atom. The number of rotatable bonds is 6. The lowest BCUT2D eigenvalue weighted by molar-refractivity contribution is 0.0519. The lowest BCUT2D eigenvalue weighted by atomic mass is 10.1. The van der Waals surface area contributed by atoms with Crippen molar-refractivity contribution in [1.29, 1.82) is 0 Å². The van der Waals surface area contributed by atoms with Gasteiger partial charge in [0.1, 0.15) is 11.5 Å². The largest absolute Gasteiger partial charge is 0.461 e. The van der Waals surface area contributed by atoms with Gasteiger partial charge in [-0.1, -0.05) is 12.1 Å². The quantitative estimate of drug-likeness (QED) is 0.483. The summed E-state index contributed by atoms with van der Waals surface area (Å²) in [5, 5.41) is 7.89. The number of carbonyl (C=O) groups excluding carboxylic acids is 2. The van der Waals surface area contributed by atoms with Crippen molar-refractivity contribution in [3.63, 3.8) is 0 Å². The van der Waals surface area contributed by atoms with Crippen LogP contribution in [0.2, 0.25) is 0 Å². The number of hydrogen-bond donors (Lipinski definition) is 1. The first-order valence-electron chi connectivity index (χ1n) is 9.69. The van der Waals surface area contributed by atoms with Crippen molar-refractivity contribution in [3.05, 3.63) is 89.6 Å². The van der Waals surface area contributed by atoms with Crippen molar-refractivity contribution in [1.82, 2.24) is 20.1 Å². The van der Waals surface area contributed by atoms with Crippen LogP contribution in [0.25, 0.3) is 16.6 Å². The van der Waals surface area contributed by atoms with Crippen LogP contribution < -0.4 is 5.32 Å². The van der Waals surface area contributed by atoms with E-state index in [-0.39, 0.29) is 30.6 Å². The summed E-state index contributed by atoms with van der Waals surface area (Å²) in [6.07, 6.45) is 3.14. The maximum Gasteiger partial charge on any atom is 0.356 e. The van der Waals surface area contributed by atoms with Gasteiger partial charge in [-0.15, -0.1) is 0 Å². The van der Waals surface area contributed by atoms with E-state index in [0.29, 0.717) is 16.6 Å². The second-order valence-corrected chi connectivity index (χ2v) is 6.73. The summed E-state index contributed by atoms with van der Waals surface area (Å²) in [7, 11) is 0. The zero-order chi connectivity index (χ0) is 21.8. The fraction of sp³-hybridized carbons (Fsp3) is 0.130. The molecular formula is C23H19FN4O3. The third-order valence-electron chi connectivity index (χ3n) is 4.69. The summed E-state index contributed by atoms with van der Waals surface area (Å²) < 4.78 is 19.8. The molecule has 4 aromatic rings. The van der Waals surface area contributed by atoms with Crippen LogP contribution >= 0.6 is 0 Å². The summed E-state index contributed by atoms with van der Waals surface area (Å²) >= 11 is 0. The average molecular weight is 418 g/mol. The molecule has 0 atom stereocenters. The molecule has 0 aliphatic carbocycles. The maximum atomic E-state index is 13.2. The molecule has 0 aliphatic rings. The van der Waals surface area contributed by atoms with E-state index in [1.54, 1.807) is 54.2 Å². The molecule has 31 heavy (non-hydrogen) atoms. The van der Waals surface area contributed by atoms with Crippen molar-refractivity contribution in [3.8, 4) is 5.69 Å². The number of hydrogen-bond acceptors (Lipinski definition) is 5. The monoisotopic (exact) mass is 418 g/mol. The summed E-state index contributed by atoms with van der Waals surface area (Å²) in [4.78, 5) is 28.5. The standard InChI is InChI=1S/C23H19FN4O3/c1-2-31-23(30)20-11-6-15(12-25-20)13-26-22(29)18-4-3-5-21-19(18)14-27-28(21)17-9-7-16(24)8-10-17/h3-12,14H,2,13H2,1H3,(H,26,29). The van der Waals surface area contributed by atoms with Crippen LogP contribution in [-0.2, 0) is 11.3 Å². The number of halogens is 1. The SMILES string of the molecule is CCOC(=O)c1ccc(CNC(=O)c2cccc3c2cnn3-c2ccc(F)cc2)cn1. The van der Waals surface area contributed by atoms with Gasteiger partial charge >= 0.3 is 5.97 Å². The van der Waals surface area contributed by atoms with Crippen LogP contribution in [0.1, 0.15) is 33.3 Å². The summed E-state index contributed by atoms with van der Waals surface area (Å²) in [6.45, 7) is 2.25. The van der Waals surface area contributed by atoms with E-state index in [0.717, 1.165) is 11.1 Å². The van der Waals surface area contributed by atoms with E-state index in [9.17, 15) is 14.0 Å². The Morgan fingerprint density at radius 3 is 2.58 bits per heavy atom. The van der Waals surface area contributed by atoms with Crippen LogP contribution in [0.15, 0.2) is 67.0 Å². The first-order valence-corrected chi connectivity index (χ1v) is 9.69. The molecule has 0 saturated heterocycles. The number of fused-ring (bicyclic) bond motifs is 1. The predicted octanol–water partition coefficient (Wildman–Crippen LogP) is 3.67. The summed E-state index contributed by atoms with van der Waals surface area (Å²) in [6, 6.07) is 14.6. The predicted molar refractivity (Wildman–Crippen MR) is 112 cm³/mol. The number of nitrogens with one attached hydrogen (secondary N) is 1. The molecule has 156 valence electrons. The van der Waals surface area contributed by atoms with E-state index in [1.165, 1.54) is 18.3 Å². The average Bonchev–Trinajstić information content (AvgIpc) is 3.23. The fourth-order valence-electron chi connectivity index (χ4n) is 3.17. The number of carbonyl (C=O) groups is 2. The van der Waals surface area contributed by atoms with Crippen LogP contribution in [0.5, 0.6) is 0 Å². The Balaban J connectivity index is 1.51. The minimum absolute atomic E-state index is 0.218. The van der Waals surface area contributed by atoms with Crippen molar-refractivity contribution in [2.45, 2.75) is 13.5 Å². The Morgan fingerprint density at radius 1 is 1.06 bits per heavy atom. The minimum atomic E-state index is -0.483. The van der Waals surface area contributed by atoms with Crippen LogP contribution in [0.4, 0.5) is 4.39 Å². The first kappa shape index (κ1) is 20.2. The molecule has 0 radical (unpaired) electrons. The number of ether oxygens (including phenoxy) is 1. The van der Waals surface area contributed by atoms with Crippen molar-refractivity contribution < 1.29 is 18.7 Å². The molecule has 0 unspecified atom stereocenters. The van der Waals surface area contributed by atoms with Crippen LogP contribution in [0.3, 0.4) is 0 Å². The Labute approximate surface area is 177 Å². The van der Waals surface area contributed by atoms with Gasteiger partial charge in [-0.2, -0.15) is 5.10 Å². The molecular weight excluding hydrogens is 399 g/mol. The molecule has 7 nitrogen and oxygen atoms in total. The fourth-order valence-corrected chi connectivity index (χ4v) is 3.17. The van der Waals surface area contributed by atoms with Gasteiger partial charge in [0.05, 0.1) is 29.6 Å². The van der Waals surface area contributed by atoms with Gasteiger partial charge in [0.15, 0.2) is 0 Å². The van der Waals surface area contributed by atoms with Crippen molar-refractivity contribution >= 4 is 22.8 Å². The summed E-state index contributed by atoms with van der Waals surface area (Å²) in [5.74, 6) is -1.08. The summed E-state index contributed by atoms with van der Waals surface area (Å²) in [5.41, 5.74) is 2.87. The second-order valence-electron chi connectivity index (χ2n) is 6.73. The van der Waals surface area contributed by atoms with Crippen LogP contribution in [0, 0.1) is 5.82 Å². The van der Waals surface area contributed by atoms with E-state index >= 15 is 0 Å². The third-order valence-corrected chi connectivity index (χ3v) is 4.69. The van der Waals surface area contributed by atoms with Gasteiger partial charge in [0, 0.05) is 18.1 Å². The number of aromatic nitrogens is 3. The maximum absolute atomic E-state index is 13.2. The first-order chi connectivity index (χ1) is 15.1. The molecule has 0 fully saturated rings. The molecule has 1 amide bonds. The second kappa shape index (κ2) is 8.74. The highest BCUT2D eigenvalue weighted by atomic mass is 19.1. The molecule has 0 saturated carbocycles. The van der Waals surface area contributed by atoms with Gasteiger partial charge in [-0.25, -0.2) is 18.9 Å². The number of amides is 1. The van der Waals surface area contributed by atoms with E-state index in [4.69, 9.17) is 4.74 Å². The third kappa shape index (κ3) is 4.28. The van der Waals surface area contributed by atoms with E-state index < -0.39 is 5.97 Å². The Kier molecular flexibility index (Phi) is 5.70. The topological polar surface area (TPSA) is 86.1 Å². The molecule has 8 heteroatoms. The molecule has 0 aliphatic heterocycles. The van der Waals surface area contributed by atoms with E-state index in [1.807, 2.05) is 6.07 Å². The van der Waals surface area contributed by atoms with Gasteiger partial charge in [0.25, 0.3) is 5.91 Å². The Hall–Kier alpha value is -4.07. The van der Waals surface area contributed by atoms with Crippen LogP contribution in [-0.4, -0.2) is 33.2 Å². The number of benzene rings is 2. The van der Waals surface area contributed by atoms with Gasteiger partial charge in [0.2, 0.25) is 0 Å².